The fourth-order valence-corrected chi connectivity index (χ4v) is 5.11. The number of carbonyl (C=O) groups excluding carboxylic acids is 1. The number of amides is 1. The summed E-state index contributed by atoms with van der Waals surface area (Å²) in [5, 5.41) is 2.66. The highest BCUT2D eigenvalue weighted by molar-refractivity contribution is 7.94. The molecule has 2 aromatic rings. The van der Waals surface area contributed by atoms with E-state index in [0.717, 1.165) is 17.7 Å². The van der Waals surface area contributed by atoms with Crippen molar-refractivity contribution in [3.63, 3.8) is 0 Å². The third-order valence-corrected chi connectivity index (χ3v) is 6.76. The third-order valence-electron chi connectivity index (χ3n) is 3.76. The van der Waals surface area contributed by atoms with Crippen molar-refractivity contribution < 1.29 is 17.6 Å². The SMILES string of the molecule is CCCc1ccc(S(=O)(=O)Nc2cc3c(cc2F)CCNC3=O)s1. The fourth-order valence-electron chi connectivity index (χ4n) is 2.60. The van der Waals surface area contributed by atoms with E-state index in [0.29, 0.717) is 24.1 Å². The normalized spacial score (nSPS) is 14.2. The molecule has 0 saturated carbocycles. The smallest absolute Gasteiger partial charge is 0.271 e. The molecule has 128 valence electrons. The number of hydrogen-bond donors (Lipinski definition) is 2. The molecule has 1 aliphatic rings. The van der Waals surface area contributed by atoms with Crippen molar-refractivity contribution in [1.82, 2.24) is 5.32 Å². The summed E-state index contributed by atoms with van der Waals surface area (Å²) < 4.78 is 41.5. The van der Waals surface area contributed by atoms with Crippen LogP contribution in [0, 0.1) is 5.82 Å². The summed E-state index contributed by atoms with van der Waals surface area (Å²) >= 11 is 1.17. The molecule has 0 radical (unpaired) electrons. The molecule has 1 aromatic carbocycles. The van der Waals surface area contributed by atoms with Gasteiger partial charge < -0.3 is 5.32 Å². The van der Waals surface area contributed by atoms with Crippen LogP contribution in [0.4, 0.5) is 10.1 Å². The maximum atomic E-state index is 14.2. The van der Waals surface area contributed by atoms with Gasteiger partial charge in [-0.2, -0.15) is 0 Å². The van der Waals surface area contributed by atoms with Crippen LogP contribution in [-0.4, -0.2) is 20.9 Å². The van der Waals surface area contributed by atoms with E-state index in [1.54, 1.807) is 6.07 Å². The number of fused-ring (bicyclic) bond motifs is 1. The molecule has 0 fully saturated rings. The van der Waals surface area contributed by atoms with Gasteiger partial charge in [-0.3, -0.25) is 9.52 Å². The summed E-state index contributed by atoms with van der Waals surface area (Å²) in [6, 6.07) is 5.76. The molecule has 0 aliphatic carbocycles. The summed E-state index contributed by atoms with van der Waals surface area (Å²) in [6.07, 6.45) is 2.24. The predicted octanol–water partition coefficient (Wildman–Crippen LogP) is 2.93. The van der Waals surface area contributed by atoms with Gasteiger partial charge in [-0.25, -0.2) is 12.8 Å². The Bertz CT molecular complexity index is 891. The first-order valence-corrected chi connectivity index (χ1v) is 9.93. The van der Waals surface area contributed by atoms with Crippen molar-refractivity contribution >= 4 is 33.0 Å². The van der Waals surface area contributed by atoms with Crippen LogP contribution in [0.3, 0.4) is 0 Å². The Morgan fingerprint density at radius 1 is 1.33 bits per heavy atom. The number of aryl methyl sites for hydroxylation is 1. The first-order valence-electron chi connectivity index (χ1n) is 7.63. The Hall–Kier alpha value is -1.93. The van der Waals surface area contributed by atoms with Gasteiger partial charge in [0.05, 0.1) is 5.69 Å². The van der Waals surface area contributed by atoms with Gasteiger partial charge in [-0.15, -0.1) is 11.3 Å². The lowest BCUT2D eigenvalue weighted by atomic mass is 9.99. The zero-order valence-corrected chi connectivity index (χ0v) is 14.7. The van der Waals surface area contributed by atoms with E-state index in [1.165, 1.54) is 29.5 Å². The molecule has 0 spiro atoms. The average Bonchev–Trinajstić information content (AvgIpc) is 2.99. The van der Waals surface area contributed by atoms with Crippen molar-refractivity contribution in [2.45, 2.75) is 30.4 Å². The van der Waals surface area contributed by atoms with Gasteiger partial charge >= 0.3 is 0 Å². The standard InChI is InChI=1S/C16H17FN2O3S2/c1-2-3-11-4-5-15(23-11)24(21,22)19-14-9-12-10(8-13(14)17)6-7-18-16(12)20/h4-5,8-9,19H,2-3,6-7H2,1H3,(H,18,20). The Balaban J connectivity index is 1.92. The van der Waals surface area contributed by atoms with E-state index >= 15 is 0 Å². The zero-order chi connectivity index (χ0) is 17.3. The van der Waals surface area contributed by atoms with Crippen molar-refractivity contribution in [3.05, 3.63) is 46.1 Å². The van der Waals surface area contributed by atoms with Crippen LogP contribution in [0.1, 0.15) is 34.1 Å². The van der Waals surface area contributed by atoms with E-state index in [-0.39, 0.29) is 15.8 Å². The summed E-state index contributed by atoms with van der Waals surface area (Å²) in [4.78, 5) is 12.8. The summed E-state index contributed by atoms with van der Waals surface area (Å²) in [5.74, 6) is -1.00. The molecule has 0 unspecified atom stereocenters. The molecule has 0 bridgehead atoms. The molecule has 3 rings (SSSR count). The molecule has 0 saturated heterocycles. The van der Waals surface area contributed by atoms with E-state index in [4.69, 9.17) is 0 Å². The number of halogens is 1. The van der Waals surface area contributed by atoms with Crippen molar-refractivity contribution in [3.8, 4) is 0 Å². The molecule has 8 heteroatoms. The summed E-state index contributed by atoms with van der Waals surface area (Å²) in [6.45, 7) is 2.46. The van der Waals surface area contributed by atoms with Crippen molar-refractivity contribution in [1.29, 1.82) is 0 Å². The van der Waals surface area contributed by atoms with E-state index in [1.807, 2.05) is 6.92 Å². The Morgan fingerprint density at radius 3 is 2.88 bits per heavy atom. The second kappa shape index (κ2) is 6.52. The van der Waals surface area contributed by atoms with Gasteiger partial charge in [-0.05, 0) is 42.7 Å². The van der Waals surface area contributed by atoms with Gasteiger partial charge in [-0.1, -0.05) is 13.3 Å². The summed E-state index contributed by atoms with van der Waals surface area (Å²) in [7, 11) is -3.88. The number of anilines is 1. The van der Waals surface area contributed by atoms with E-state index in [9.17, 15) is 17.6 Å². The van der Waals surface area contributed by atoms with Crippen LogP contribution in [0.15, 0.2) is 28.5 Å². The van der Waals surface area contributed by atoms with Crippen LogP contribution < -0.4 is 10.0 Å². The van der Waals surface area contributed by atoms with Gasteiger partial charge in [0.25, 0.3) is 15.9 Å². The predicted molar refractivity (Wildman–Crippen MR) is 91.6 cm³/mol. The first-order chi connectivity index (χ1) is 11.4. The minimum atomic E-state index is -3.88. The summed E-state index contributed by atoms with van der Waals surface area (Å²) in [5.41, 5.74) is 0.676. The number of sulfonamides is 1. The highest BCUT2D eigenvalue weighted by atomic mass is 32.2. The fraction of sp³-hybridized carbons (Fsp3) is 0.312. The molecule has 24 heavy (non-hydrogen) atoms. The van der Waals surface area contributed by atoms with Crippen LogP contribution in [0.5, 0.6) is 0 Å². The molecule has 2 heterocycles. The quantitative estimate of drug-likeness (QED) is 0.852. The molecule has 1 aromatic heterocycles. The van der Waals surface area contributed by atoms with E-state index in [2.05, 4.69) is 10.0 Å². The first kappa shape index (κ1) is 16.9. The minimum Gasteiger partial charge on any atom is -0.352 e. The highest BCUT2D eigenvalue weighted by Crippen LogP contribution is 2.28. The average molecular weight is 368 g/mol. The molecule has 5 nitrogen and oxygen atoms in total. The van der Waals surface area contributed by atoms with Crippen LogP contribution in [0.2, 0.25) is 0 Å². The second-order valence-corrected chi connectivity index (χ2v) is 8.65. The molecule has 1 aliphatic heterocycles. The third kappa shape index (κ3) is 3.29. The zero-order valence-electron chi connectivity index (χ0n) is 13.1. The van der Waals surface area contributed by atoms with Crippen LogP contribution >= 0.6 is 11.3 Å². The lowest BCUT2D eigenvalue weighted by Crippen LogP contribution is -2.32. The number of carbonyl (C=O) groups is 1. The Morgan fingerprint density at radius 2 is 2.12 bits per heavy atom. The van der Waals surface area contributed by atoms with Crippen LogP contribution in [-0.2, 0) is 22.9 Å². The van der Waals surface area contributed by atoms with Gasteiger partial charge in [0.2, 0.25) is 0 Å². The van der Waals surface area contributed by atoms with E-state index < -0.39 is 15.8 Å². The monoisotopic (exact) mass is 368 g/mol. The second-order valence-electron chi connectivity index (χ2n) is 5.57. The van der Waals surface area contributed by atoms with Gasteiger partial charge in [0.15, 0.2) is 0 Å². The van der Waals surface area contributed by atoms with Crippen LogP contribution in [0.25, 0.3) is 0 Å². The number of rotatable bonds is 5. The highest BCUT2D eigenvalue weighted by Gasteiger charge is 2.23. The van der Waals surface area contributed by atoms with Crippen molar-refractivity contribution in [2.75, 3.05) is 11.3 Å². The maximum absolute atomic E-state index is 14.2. The largest absolute Gasteiger partial charge is 0.352 e. The van der Waals surface area contributed by atoms with Crippen molar-refractivity contribution in [2.24, 2.45) is 0 Å². The van der Waals surface area contributed by atoms with Gasteiger partial charge in [0.1, 0.15) is 10.0 Å². The molecule has 1 amide bonds. The number of nitrogens with one attached hydrogen (secondary N) is 2. The Kier molecular flexibility index (Phi) is 4.60. The topological polar surface area (TPSA) is 75.3 Å². The number of benzene rings is 1. The maximum Gasteiger partial charge on any atom is 0.271 e. The molecular weight excluding hydrogens is 351 g/mol. The number of hydrogen-bond acceptors (Lipinski definition) is 4. The minimum absolute atomic E-state index is 0.132. The molecule has 2 N–H and O–H groups in total. The lowest BCUT2D eigenvalue weighted by Gasteiger charge is -2.18. The van der Waals surface area contributed by atoms with Gasteiger partial charge in [0, 0.05) is 17.0 Å². The Labute approximate surface area is 144 Å². The molecular formula is C16H17FN2O3S2. The number of thiophene rings is 1. The molecule has 0 atom stereocenters. The lowest BCUT2D eigenvalue weighted by molar-refractivity contribution is 0.0946.